The summed E-state index contributed by atoms with van der Waals surface area (Å²) in [5.74, 6) is -10.5. The number of carboxylic acids is 2. The number of aromatic amines is 2. The van der Waals surface area contributed by atoms with Gasteiger partial charge in [-0.1, -0.05) is 45.6 Å². The maximum atomic E-state index is 14.0. The lowest BCUT2D eigenvalue weighted by molar-refractivity contribution is -0.437. The Balaban J connectivity index is 0.829. The molecule has 0 bridgehead atoms. The van der Waals surface area contributed by atoms with Gasteiger partial charge in [-0.05, 0) is 84.1 Å². The van der Waals surface area contributed by atoms with Gasteiger partial charge in [0.05, 0.1) is 72.2 Å². The van der Waals surface area contributed by atoms with Crippen molar-refractivity contribution in [3.63, 3.8) is 0 Å². The highest BCUT2D eigenvalue weighted by molar-refractivity contribution is 7.86. The van der Waals surface area contributed by atoms with E-state index in [9.17, 15) is 198 Å². The molecule has 6 heterocycles. The SMILES string of the molecule is Cc1cn(C2CC(O)[C@H](COP(=O)(O)OP(=O)(O)OP(=O)(O)OP(=O)(O)OP(=O)(O)CP(=O)(O)OCCCCCCNC(=O)c3cc(C(=O)O)c4c(c3)[N+](CCCS(=O)(=O)O)=C(C=CC=C3N(CCCS(=O)(=O)O)c5cc(C(=O)NCCCCCCOP(=O)(O)CP(=O)(O)OP(=O)(O)OP(=O)(O)OP(=O)(O)OP(=O)(O)OC[C@@H]6O[C@H](n7cc(C)c(=O)[nH]c7=O)CC6O)cc(C(=O)O)c5C3(C)C)C4(C)C)O2)c(=O)[nH]c1=O. The molecule has 0 saturated carbocycles. The first-order valence-electron chi connectivity index (χ1n) is 41.8. The third kappa shape index (κ3) is 37.2. The Kier molecular flexibility index (Phi) is 41.7. The highest BCUT2D eigenvalue weighted by Gasteiger charge is 2.55. The first-order chi connectivity index (χ1) is 66.2. The summed E-state index contributed by atoms with van der Waals surface area (Å²) in [7, 11) is -83.1. The number of carboxylic acid groups (broad SMARTS) is 2. The zero-order valence-electron chi connectivity index (χ0n) is 76.2. The predicted octanol–water partition coefficient (Wildman–Crippen LogP) is 5.51. The Bertz CT molecular complexity index is 6840. The maximum Gasteiger partial charge on any atom is 0.490 e. The van der Waals surface area contributed by atoms with E-state index in [2.05, 4.69) is 54.2 Å². The summed E-state index contributed by atoms with van der Waals surface area (Å²) in [6.07, 6.45) is -3.21. The van der Waals surface area contributed by atoms with E-state index in [0.29, 0.717) is 0 Å². The fraction of sp³-hybridized carbons (Fsp3) is 0.567. The molecule has 4 aliphatic rings. The van der Waals surface area contributed by atoms with Crippen molar-refractivity contribution in [1.29, 1.82) is 0 Å². The summed E-state index contributed by atoms with van der Waals surface area (Å²) in [5.41, 5.74) is -6.72. The quantitative estimate of drug-likeness (QED) is 0.0112. The van der Waals surface area contributed by atoms with E-state index in [1.54, 1.807) is 27.7 Å². The van der Waals surface area contributed by atoms with Crippen molar-refractivity contribution in [3.8, 4) is 0 Å². The van der Waals surface area contributed by atoms with Gasteiger partial charge < -0.3 is 113 Å². The molecule has 2 aromatic carbocycles. The van der Waals surface area contributed by atoms with Gasteiger partial charge in [0, 0.05) is 108 Å². The standard InChI is InChI=1S/C67H102N8O56P12S2/c1-40-34-74(64(86)70-58(40)78)54-32-48(76)50(122-54)36-120-136(96,97)126-140(104,105)130-142(108,109)128-138(100,101)124-134(92,93)38-132(88,89)118-24-13-9-7-11-20-68-60(80)42-28-44(62(82)83)56-46(30-42)72(22-16-26-144(112,113)114)52(66(56,3)4)18-15-19-53-67(5,6)57-45(63(84)85)29-43(31-47(57)73(53)23-17-27-145(115,116)117)61(81)69-21-12-8-10-14-25-119-133(90,91)39-135(94,95)125-139(102,103)129-143(110,111)131-141(106,107)127-137(98,99)121-37-51-49(77)33-55(123-51)75-35-41(2)59(79)71-65(75)87/h15,18-19,28-31,34-35,48-51,54-55,76-77H,7-14,16-17,20-27,32-33,36-39H2,1-6H3,(H19-,68,69,70,71,78,79,80,81,82,83,84,85,86,87,88,89,90,91,92,93,94,95,96,97,98,99,100,101,102,103,104,105,106,107,108,109,110,111,112,113,114,115,116,117)/p+1/t48?,49?,50-,51-,54-,55?/m0/s1. The van der Waals surface area contributed by atoms with Crippen molar-refractivity contribution in [3.05, 3.63) is 147 Å². The van der Waals surface area contributed by atoms with E-state index < -0.39 is 268 Å². The van der Waals surface area contributed by atoms with Crippen LogP contribution >= 0.6 is 93.0 Å². The van der Waals surface area contributed by atoms with Gasteiger partial charge in [-0.15, -0.1) is 0 Å². The largest absolute Gasteiger partial charge is 0.490 e. The van der Waals surface area contributed by atoms with Crippen molar-refractivity contribution >= 4 is 154 Å². The molecule has 2 aromatic heterocycles. The number of aliphatic hydroxyl groups excluding tert-OH is 2. The number of phosphoric acid groups is 8. The van der Waals surface area contributed by atoms with Gasteiger partial charge in [0.15, 0.2) is 17.5 Å². The number of rotatable bonds is 58. The summed E-state index contributed by atoms with van der Waals surface area (Å²) >= 11 is 0. The number of fused-ring (bicyclic) bond motifs is 2. The van der Waals surface area contributed by atoms with Crippen molar-refractivity contribution in [2.75, 3.05) is 80.8 Å². The van der Waals surface area contributed by atoms with Crippen molar-refractivity contribution in [1.82, 2.24) is 29.7 Å². The first-order valence-corrected chi connectivity index (χ1v) is 64.0. The fourth-order valence-corrected chi connectivity index (χ4v) is 34.6. The van der Waals surface area contributed by atoms with Crippen molar-refractivity contribution in [2.45, 2.75) is 166 Å². The van der Waals surface area contributed by atoms with Crippen LogP contribution in [-0.4, -0.2) is 259 Å². The average molecular weight is 2350 g/mol. The molecular weight excluding hydrogens is 2250 g/mol. The van der Waals surface area contributed by atoms with Crippen LogP contribution in [0.5, 0.6) is 0 Å². The molecule has 145 heavy (non-hydrogen) atoms. The second-order valence-electron chi connectivity index (χ2n) is 33.2. The Morgan fingerprint density at radius 3 is 1.24 bits per heavy atom. The second kappa shape index (κ2) is 48.6. The second-order valence-corrected chi connectivity index (χ2v) is 57.5. The van der Waals surface area contributed by atoms with Crippen LogP contribution in [0.1, 0.15) is 181 Å². The number of benzene rings is 2. The van der Waals surface area contributed by atoms with Gasteiger partial charge in [-0.25, -0.2) is 64.3 Å². The lowest BCUT2D eigenvalue weighted by Gasteiger charge is -2.27. The third-order valence-corrected chi connectivity index (χ3v) is 43.9. The van der Waals surface area contributed by atoms with E-state index in [0.717, 1.165) is 33.7 Å². The molecule has 15 unspecified atom stereocenters. The molecule has 18 atom stereocenters. The van der Waals surface area contributed by atoms with Crippen LogP contribution in [0, 0.1) is 13.8 Å². The molecule has 4 aromatic rings. The predicted molar refractivity (Wildman–Crippen MR) is 492 cm³/mol. The molecular formula is C67H103N8O56P12S2+. The van der Waals surface area contributed by atoms with Crippen LogP contribution in [0.15, 0.2) is 79.8 Å². The number of carbonyl (C=O) groups is 4. The Labute approximate surface area is 819 Å². The van der Waals surface area contributed by atoms with Crippen LogP contribution in [0.3, 0.4) is 0 Å². The number of aromatic nitrogens is 4. The van der Waals surface area contributed by atoms with Crippen molar-refractivity contribution in [2.24, 2.45) is 0 Å². The number of unbranched alkanes of at least 4 members (excludes halogenated alkanes) is 6. The minimum absolute atomic E-state index is 0.0324. The van der Waals surface area contributed by atoms with E-state index in [1.165, 1.54) is 53.7 Å². The monoisotopic (exact) mass is 2350 g/mol. The zero-order chi connectivity index (χ0) is 109. The third-order valence-electron chi connectivity index (χ3n) is 20.8. The van der Waals surface area contributed by atoms with Crippen LogP contribution < -0.4 is 38.0 Å². The summed E-state index contributed by atoms with van der Waals surface area (Å²) in [6, 6.07) is 4.73. The van der Waals surface area contributed by atoms with E-state index in [-0.39, 0.29) is 159 Å². The molecule has 4 aliphatic heterocycles. The van der Waals surface area contributed by atoms with Crippen LogP contribution in [-0.2, 0) is 148 Å². The Hall–Kier alpha value is -5.91. The summed E-state index contributed by atoms with van der Waals surface area (Å²) in [6.45, 7) is 4.42. The lowest BCUT2D eigenvalue weighted by Crippen LogP contribution is -2.33. The van der Waals surface area contributed by atoms with Gasteiger partial charge in [0.1, 0.15) is 31.2 Å². The number of nitrogens with one attached hydrogen (secondary N) is 4. The zero-order valence-corrected chi connectivity index (χ0v) is 88.5. The van der Waals surface area contributed by atoms with Gasteiger partial charge in [-0.3, -0.25) is 74.7 Å². The number of allylic oxidation sites excluding steroid dienone is 4. The topological polar surface area (TPSA) is 975 Å². The number of anilines is 1. The number of aromatic carboxylic acids is 2. The van der Waals surface area contributed by atoms with Crippen LogP contribution in [0.4, 0.5) is 11.4 Å². The normalized spacial score (nSPS) is 23.3. The van der Waals surface area contributed by atoms with Crippen LogP contribution in [0.2, 0.25) is 0 Å². The number of amides is 2. The van der Waals surface area contributed by atoms with Crippen molar-refractivity contribution < 1.29 is 246 Å². The van der Waals surface area contributed by atoms with Gasteiger partial charge in [0.25, 0.3) is 43.2 Å². The Morgan fingerprint density at radius 2 is 0.848 bits per heavy atom. The molecule has 818 valence electrons. The minimum atomic E-state index is -6.61. The smallest absolute Gasteiger partial charge is 0.478 e. The lowest BCUT2D eigenvalue weighted by atomic mass is 9.78. The molecule has 0 aliphatic carbocycles. The molecule has 2 fully saturated rings. The number of carbonyl (C=O) groups excluding carboxylic acids is 2. The molecule has 8 rings (SSSR count). The number of aryl methyl sites for hydroxylation is 2. The minimum Gasteiger partial charge on any atom is -0.478 e. The molecule has 64 nitrogen and oxygen atoms in total. The van der Waals surface area contributed by atoms with Crippen LogP contribution in [0.25, 0.3) is 0 Å². The fourth-order valence-electron chi connectivity index (χ4n) is 14.9. The first kappa shape index (κ1) is 124. The summed E-state index contributed by atoms with van der Waals surface area (Å²) < 4.78 is 282. The van der Waals surface area contributed by atoms with E-state index in [1.807, 2.05) is 9.97 Å². The van der Waals surface area contributed by atoms with Gasteiger partial charge >= 0.3 is 116 Å². The van der Waals surface area contributed by atoms with Gasteiger partial charge in [0.2, 0.25) is 5.69 Å². The highest BCUT2D eigenvalue weighted by Crippen LogP contribution is 2.77. The van der Waals surface area contributed by atoms with E-state index in [4.69, 9.17) is 18.5 Å². The number of H-pyrrole nitrogens is 2. The maximum absolute atomic E-state index is 14.0. The molecule has 0 spiro atoms. The highest BCUT2D eigenvalue weighted by atomic mass is 32.2. The molecule has 2 amide bonds. The van der Waals surface area contributed by atoms with Gasteiger partial charge in [-0.2, -0.15) is 47.3 Å². The number of hydrogen-bond donors (Lipinski definition) is 22. The number of hydrogen-bond acceptors (Lipinski definition) is 41. The molecule has 22 N–H and O–H groups in total. The number of aliphatic hydroxyl groups is 2. The molecule has 78 heteroatoms. The number of nitrogens with zero attached hydrogens (tertiary/aromatic N) is 4. The molecule has 2 saturated heterocycles. The number of ether oxygens (including phenoxy) is 2. The summed E-state index contributed by atoms with van der Waals surface area (Å²) in [5, 5.41) is 47.5. The summed E-state index contributed by atoms with van der Waals surface area (Å²) in [4.78, 5) is 229. The average Bonchev–Trinajstić information content (AvgIpc) is 1.57. The van der Waals surface area contributed by atoms with E-state index >= 15 is 0 Å². The Morgan fingerprint density at radius 1 is 0.483 bits per heavy atom. The molecule has 0 radical (unpaired) electrons. The number of phosphoric ester groups is 2.